The Kier molecular flexibility index (Phi) is 7.18. The summed E-state index contributed by atoms with van der Waals surface area (Å²) in [6, 6.07) is 20.6. The lowest BCUT2D eigenvalue weighted by atomic mass is 10.0. The molecule has 5 rings (SSSR count). The van der Waals surface area contributed by atoms with Gasteiger partial charge in [-0.25, -0.2) is 13.4 Å². The first-order valence-electron chi connectivity index (χ1n) is 12.7. The van der Waals surface area contributed by atoms with Crippen LogP contribution in [-0.4, -0.2) is 59.6 Å². The quantitative estimate of drug-likeness (QED) is 0.480. The number of carbonyl (C=O) groups excluding carboxylic acids is 2. The first-order valence-corrected chi connectivity index (χ1v) is 14.2. The number of piperazine rings is 1. The van der Waals surface area contributed by atoms with Gasteiger partial charge in [0.1, 0.15) is 17.1 Å². The SMILES string of the molecule is Cc1nc(N)ccc1CNC(=O)[C@@H]1CC[C@H]2CN(S(=O)(=O)C(c3ccccc3)c3ccccc3)CC(=O)N21. The van der Waals surface area contributed by atoms with Crippen LogP contribution < -0.4 is 11.1 Å². The zero-order valence-corrected chi connectivity index (χ0v) is 22.0. The summed E-state index contributed by atoms with van der Waals surface area (Å²) < 4.78 is 29.3. The summed E-state index contributed by atoms with van der Waals surface area (Å²) in [4.78, 5) is 32.2. The number of nitrogens with two attached hydrogens (primary N) is 1. The summed E-state index contributed by atoms with van der Waals surface area (Å²) in [6.45, 7) is 1.97. The molecule has 2 amide bonds. The lowest BCUT2D eigenvalue weighted by Gasteiger charge is -2.40. The molecule has 0 radical (unpaired) electrons. The van der Waals surface area contributed by atoms with Crippen LogP contribution in [0.25, 0.3) is 0 Å². The lowest BCUT2D eigenvalue weighted by Crippen LogP contribution is -2.60. The van der Waals surface area contributed by atoms with Gasteiger partial charge >= 0.3 is 0 Å². The Morgan fingerprint density at radius 3 is 2.26 bits per heavy atom. The molecule has 0 unspecified atom stereocenters. The molecule has 2 atom stereocenters. The van der Waals surface area contributed by atoms with Crippen molar-refractivity contribution in [1.82, 2.24) is 19.5 Å². The van der Waals surface area contributed by atoms with Crippen LogP contribution in [0.5, 0.6) is 0 Å². The zero-order valence-electron chi connectivity index (χ0n) is 21.2. The fourth-order valence-corrected chi connectivity index (χ4v) is 7.43. The van der Waals surface area contributed by atoms with E-state index in [1.54, 1.807) is 35.2 Å². The number of rotatable bonds is 7. The van der Waals surface area contributed by atoms with Crippen molar-refractivity contribution < 1.29 is 18.0 Å². The van der Waals surface area contributed by atoms with E-state index < -0.39 is 21.3 Å². The monoisotopic (exact) mass is 533 g/mol. The van der Waals surface area contributed by atoms with Gasteiger partial charge in [-0.15, -0.1) is 0 Å². The van der Waals surface area contributed by atoms with Crippen molar-refractivity contribution in [3.05, 3.63) is 95.2 Å². The number of aryl methyl sites for hydroxylation is 1. The summed E-state index contributed by atoms with van der Waals surface area (Å²) in [6.07, 6.45) is 1.04. The second-order valence-corrected chi connectivity index (χ2v) is 11.8. The third-order valence-corrected chi connectivity index (χ3v) is 9.49. The van der Waals surface area contributed by atoms with E-state index in [1.165, 1.54) is 4.31 Å². The van der Waals surface area contributed by atoms with Crippen LogP contribution in [0.15, 0.2) is 72.8 Å². The third-order valence-electron chi connectivity index (χ3n) is 7.35. The highest BCUT2D eigenvalue weighted by Gasteiger charge is 2.48. The molecule has 198 valence electrons. The number of benzene rings is 2. The van der Waals surface area contributed by atoms with Gasteiger partial charge in [0.05, 0.1) is 6.54 Å². The van der Waals surface area contributed by atoms with Gasteiger partial charge in [0.2, 0.25) is 21.8 Å². The fraction of sp³-hybridized carbons (Fsp3) is 0.321. The molecule has 2 aliphatic heterocycles. The largest absolute Gasteiger partial charge is 0.384 e. The third kappa shape index (κ3) is 5.01. The van der Waals surface area contributed by atoms with E-state index >= 15 is 0 Å². The second kappa shape index (κ2) is 10.5. The van der Waals surface area contributed by atoms with Crippen LogP contribution in [0.3, 0.4) is 0 Å². The maximum atomic E-state index is 14.0. The topological polar surface area (TPSA) is 126 Å². The minimum atomic E-state index is -3.93. The van der Waals surface area contributed by atoms with Crippen molar-refractivity contribution in [1.29, 1.82) is 0 Å². The number of hydrogen-bond donors (Lipinski definition) is 2. The minimum absolute atomic E-state index is 0.162. The molecule has 9 nitrogen and oxygen atoms in total. The van der Waals surface area contributed by atoms with Crippen molar-refractivity contribution in [3.63, 3.8) is 0 Å². The molecule has 2 fully saturated rings. The van der Waals surface area contributed by atoms with Crippen LogP contribution in [-0.2, 0) is 26.2 Å². The first kappa shape index (κ1) is 25.9. The van der Waals surface area contributed by atoms with Crippen molar-refractivity contribution in [3.8, 4) is 0 Å². The number of aromatic nitrogens is 1. The Morgan fingerprint density at radius 1 is 1.03 bits per heavy atom. The molecular weight excluding hydrogens is 502 g/mol. The van der Waals surface area contributed by atoms with Gasteiger partial charge < -0.3 is 16.0 Å². The Morgan fingerprint density at radius 2 is 1.66 bits per heavy atom. The fourth-order valence-electron chi connectivity index (χ4n) is 5.46. The standard InChI is InChI=1S/C28H31N5O4S/c1-19-22(12-15-25(29)31-19)16-30-28(35)24-14-13-23-17-32(18-26(34)33(23)24)38(36,37)27(20-8-4-2-5-9-20)21-10-6-3-7-11-21/h2-12,15,23-24,27H,13-14,16-18H2,1H3,(H2,29,31)(H,30,35)/t23-,24-/m0/s1. The van der Waals surface area contributed by atoms with Crippen LogP contribution in [0.2, 0.25) is 0 Å². The number of nitrogen functional groups attached to an aromatic ring is 1. The predicted octanol–water partition coefficient (Wildman–Crippen LogP) is 2.38. The molecule has 0 aliphatic carbocycles. The summed E-state index contributed by atoms with van der Waals surface area (Å²) in [5.74, 6) is -0.191. The number of hydrogen-bond acceptors (Lipinski definition) is 6. The van der Waals surface area contributed by atoms with Crippen LogP contribution in [0, 0.1) is 6.92 Å². The molecule has 3 aromatic rings. The summed E-state index contributed by atoms with van der Waals surface area (Å²) in [5.41, 5.74) is 8.57. The van der Waals surface area contributed by atoms with Gasteiger partial charge in [-0.1, -0.05) is 66.7 Å². The maximum Gasteiger partial charge on any atom is 0.243 e. The van der Waals surface area contributed by atoms with E-state index in [-0.39, 0.29) is 37.5 Å². The van der Waals surface area contributed by atoms with Crippen LogP contribution in [0.4, 0.5) is 5.82 Å². The zero-order chi connectivity index (χ0) is 26.9. The summed E-state index contributed by atoms with van der Waals surface area (Å²) >= 11 is 0. The molecular formula is C28H31N5O4S. The van der Waals surface area contributed by atoms with Crippen molar-refractivity contribution in [2.75, 3.05) is 18.8 Å². The highest BCUT2D eigenvalue weighted by atomic mass is 32.2. The highest BCUT2D eigenvalue weighted by Crippen LogP contribution is 2.36. The van der Waals surface area contributed by atoms with Crippen molar-refractivity contribution in [2.45, 2.75) is 43.6 Å². The van der Waals surface area contributed by atoms with E-state index in [9.17, 15) is 18.0 Å². The number of nitrogens with one attached hydrogen (secondary N) is 1. The number of sulfonamides is 1. The molecule has 2 aliphatic rings. The van der Waals surface area contributed by atoms with E-state index in [2.05, 4.69) is 10.3 Å². The number of pyridine rings is 1. The Bertz CT molecular complexity index is 1390. The highest BCUT2D eigenvalue weighted by molar-refractivity contribution is 7.89. The van der Waals surface area contributed by atoms with Crippen molar-refractivity contribution >= 4 is 27.7 Å². The van der Waals surface area contributed by atoms with Gasteiger partial charge in [-0.05, 0) is 42.5 Å². The maximum absolute atomic E-state index is 14.0. The number of fused-ring (bicyclic) bond motifs is 1. The summed E-state index contributed by atoms with van der Waals surface area (Å²) in [7, 11) is -3.93. The van der Waals surface area contributed by atoms with Crippen LogP contribution >= 0.6 is 0 Å². The number of nitrogens with zero attached hydrogens (tertiary/aromatic N) is 3. The molecule has 0 saturated carbocycles. The van der Waals surface area contributed by atoms with Gasteiger partial charge in [-0.3, -0.25) is 9.59 Å². The Labute approximate surface area is 222 Å². The molecule has 3 heterocycles. The molecule has 0 spiro atoms. The van der Waals surface area contributed by atoms with Crippen molar-refractivity contribution in [2.24, 2.45) is 0 Å². The molecule has 3 N–H and O–H groups in total. The normalized spacial score (nSPS) is 19.9. The second-order valence-electron chi connectivity index (χ2n) is 9.79. The molecule has 38 heavy (non-hydrogen) atoms. The first-order chi connectivity index (χ1) is 18.3. The number of amides is 2. The van der Waals surface area contributed by atoms with E-state index in [1.807, 2.05) is 49.4 Å². The minimum Gasteiger partial charge on any atom is -0.384 e. The average Bonchev–Trinajstić information content (AvgIpc) is 3.34. The van der Waals surface area contributed by atoms with Gasteiger partial charge in [0.15, 0.2) is 0 Å². The summed E-state index contributed by atoms with van der Waals surface area (Å²) in [5, 5.41) is 1.98. The number of anilines is 1. The smallest absolute Gasteiger partial charge is 0.243 e. The van der Waals surface area contributed by atoms with Crippen LogP contribution in [0.1, 0.15) is 40.5 Å². The molecule has 10 heteroatoms. The van der Waals surface area contributed by atoms with Gasteiger partial charge in [0, 0.05) is 24.8 Å². The Balaban J connectivity index is 1.33. The van der Waals surface area contributed by atoms with Gasteiger partial charge in [-0.2, -0.15) is 4.31 Å². The Hall–Kier alpha value is -3.76. The average molecular weight is 534 g/mol. The molecule has 2 saturated heterocycles. The van der Waals surface area contributed by atoms with Gasteiger partial charge in [0.25, 0.3) is 0 Å². The molecule has 1 aromatic heterocycles. The lowest BCUT2D eigenvalue weighted by molar-refractivity contribution is -0.143. The van der Waals surface area contributed by atoms with E-state index in [0.29, 0.717) is 29.8 Å². The predicted molar refractivity (Wildman–Crippen MR) is 144 cm³/mol. The molecule has 2 aromatic carbocycles. The molecule has 0 bridgehead atoms. The number of carbonyl (C=O) groups is 2. The van der Waals surface area contributed by atoms with E-state index in [4.69, 9.17) is 5.73 Å². The van der Waals surface area contributed by atoms with E-state index in [0.717, 1.165) is 11.3 Å².